The van der Waals surface area contributed by atoms with Crippen LogP contribution in [0.1, 0.15) is 0 Å². The zero-order valence-corrected chi connectivity index (χ0v) is 4.18. The molecule has 0 unspecified atom stereocenters. The first-order valence-corrected chi connectivity index (χ1v) is 1.82. The predicted octanol–water partition coefficient (Wildman–Crippen LogP) is 0.550. The fourth-order valence-electron chi connectivity index (χ4n) is 0.144. The topological polar surface area (TPSA) is 26.3 Å². The number of methoxy groups -OCH3 is 1. The number of hydrogen-bond donors (Lipinski definition) is 0. The summed E-state index contributed by atoms with van der Waals surface area (Å²) in [6.07, 6.45) is 2.54. The molecule has 0 aromatic heterocycles. The Morgan fingerprint density at radius 1 is 1.86 bits per heavy atom. The number of rotatable bonds is 2. The molecule has 1 radical (unpaired) electrons. The second-order valence-electron chi connectivity index (χ2n) is 1.00. The molecule has 0 heterocycles. The lowest BCUT2D eigenvalue weighted by Gasteiger charge is -1.80. The molecule has 7 heavy (non-hydrogen) atoms. The minimum absolute atomic E-state index is 0.248. The zero-order valence-electron chi connectivity index (χ0n) is 4.18. The van der Waals surface area contributed by atoms with Crippen molar-refractivity contribution in [3.05, 3.63) is 19.3 Å². The number of allylic oxidation sites excluding steroid dienone is 1. The van der Waals surface area contributed by atoms with Crippen LogP contribution in [0.5, 0.6) is 0 Å². The van der Waals surface area contributed by atoms with Crippen LogP contribution in [0.4, 0.5) is 0 Å². The normalized spacial score (nSPS) is 9.43. The van der Waals surface area contributed by atoms with Crippen LogP contribution < -0.4 is 0 Å². The molecule has 2 heteroatoms. The molecule has 0 saturated carbocycles. The molecule has 0 aliphatic heterocycles. The maximum absolute atomic E-state index is 9.92. The third kappa shape index (κ3) is 5.21. The maximum Gasteiger partial charge on any atom is 0.159 e. The first-order chi connectivity index (χ1) is 3.27. The van der Waals surface area contributed by atoms with Crippen LogP contribution in [-0.4, -0.2) is 12.9 Å². The van der Waals surface area contributed by atoms with Crippen molar-refractivity contribution in [3.8, 4) is 0 Å². The Hall–Kier alpha value is -0.790. The van der Waals surface area contributed by atoms with Gasteiger partial charge < -0.3 is 4.74 Å². The Bertz CT molecular complexity index is 84.1. The second kappa shape index (κ2) is 3.40. The van der Waals surface area contributed by atoms with Crippen molar-refractivity contribution in [1.29, 1.82) is 0 Å². The highest BCUT2D eigenvalue weighted by Gasteiger charge is 1.76. The average Bonchev–Trinajstić information content (AvgIpc) is 1.61. The number of carbonyl (C=O) groups is 1. The summed E-state index contributed by atoms with van der Waals surface area (Å²) in [4.78, 5) is 9.92. The quantitative estimate of drug-likeness (QED) is 0.373. The van der Waals surface area contributed by atoms with E-state index in [9.17, 15) is 4.79 Å². The lowest BCUT2D eigenvalue weighted by molar-refractivity contribution is -0.110. The van der Waals surface area contributed by atoms with Gasteiger partial charge in [-0.25, -0.2) is 0 Å². The molecule has 0 N–H and O–H groups in total. The van der Waals surface area contributed by atoms with Gasteiger partial charge in [0, 0.05) is 13.0 Å². The van der Waals surface area contributed by atoms with Crippen LogP contribution in [0.3, 0.4) is 0 Å². The molecule has 0 spiro atoms. The van der Waals surface area contributed by atoms with Crippen LogP contribution in [0.2, 0.25) is 0 Å². The van der Waals surface area contributed by atoms with E-state index in [1.54, 1.807) is 0 Å². The van der Waals surface area contributed by atoms with Crippen LogP contribution >= 0.6 is 0 Å². The van der Waals surface area contributed by atoms with E-state index in [1.807, 2.05) is 0 Å². The van der Waals surface area contributed by atoms with E-state index in [2.05, 4.69) is 11.7 Å². The van der Waals surface area contributed by atoms with E-state index in [1.165, 1.54) is 19.4 Å². The smallest absolute Gasteiger partial charge is 0.159 e. The molecule has 2 nitrogen and oxygen atoms in total. The van der Waals surface area contributed by atoms with E-state index >= 15 is 0 Å². The maximum atomic E-state index is 9.92. The van der Waals surface area contributed by atoms with Gasteiger partial charge in [-0.15, -0.1) is 0 Å². The molecule has 0 bridgehead atoms. The molecule has 0 aliphatic rings. The van der Waals surface area contributed by atoms with E-state index in [0.29, 0.717) is 0 Å². The lowest BCUT2D eigenvalue weighted by atomic mass is 10.4. The average molecular weight is 99.1 g/mol. The summed E-state index contributed by atoms with van der Waals surface area (Å²) in [5.74, 6) is -0.248. The van der Waals surface area contributed by atoms with E-state index in [0.717, 1.165) is 0 Å². The molecule has 0 aromatic carbocycles. The molecule has 39 valence electrons. The van der Waals surface area contributed by atoms with Gasteiger partial charge in [0.2, 0.25) is 0 Å². The van der Waals surface area contributed by atoms with Crippen LogP contribution in [0.15, 0.2) is 12.3 Å². The van der Waals surface area contributed by atoms with Gasteiger partial charge in [-0.05, 0) is 0 Å². The van der Waals surface area contributed by atoms with E-state index < -0.39 is 0 Å². The number of ether oxygens (including phenoxy) is 1. The van der Waals surface area contributed by atoms with Crippen molar-refractivity contribution in [1.82, 2.24) is 0 Å². The summed E-state index contributed by atoms with van der Waals surface area (Å²) in [6, 6.07) is 0. The molecule has 0 aromatic rings. The molecule has 0 amide bonds. The molecule has 0 rings (SSSR count). The third-order valence-electron chi connectivity index (χ3n) is 0.390. The largest absolute Gasteiger partial charge is 0.504 e. The van der Waals surface area contributed by atoms with Gasteiger partial charge in [0.25, 0.3) is 0 Å². The number of carbonyl (C=O) groups excluding carboxylic acids is 1. The van der Waals surface area contributed by atoms with Gasteiger partial charge in [-0.2, -0.15) is 0 Å². The summed E-state index contributed by atoms with van der Waals surface area (Å²) in [7, 11) is 1.47. The molecular weight excluding hydrogens is 92.1 g/mol. The van der Waals surface area contributed by atoms with Crippen LogP contribution in [-0.2, 0) is 9.53 Å². The highest BCUT2D eigenvalue weighted by atomic mass is 16.5. The van der Waals surface area contributed by atoms with Crippen molar-refractivity contribution >= 4 is 5.78 Å². The summed E-state index contributed by atoms with van der Waals surface area (Å²) in [6.45, 7) is 3.07. The van der Waals surface area contributed by atoms with Gasteiger partial charge in [0.05, 0.1) is 13.4 Å². The number of hydrogen-bond acceptors (Lipinski definition) is 2. The summed E-state index contributed by atoms with van der Waals surface area (Å²) >= 11 is 0. The Balaban J connectivity index is 3.26. The number of ketones is 1. The first kappa shape index (κ1) is 6.21. The van der Waals surface area contributed by atoms with E-state index in [4.69, 9.17) is 0 Å². The minimum Gasteiger partial charge on any atom is -0.504 e. The highest BCUT2D eigenvalue weighted by molar-refractivity contribution is 5.92. The third-order valence-corrected chi connectivity index (χ3v) is 0.390. The fourth-order valence-corrected chi connectivity index (χ4v) is 0.144. The molecule has 0 saturated heterocycles. The predicted molar refractivity (Wildman–Crippen MR) is 26.5 cm³/mol. The van der Waals surface area contributed by atoms with E-state index in [-0.39, 0.29) is 5.78 Å². The molecule has 0 aliphatic carbocycles. The Morgan fingerprint density at radius 2 is 2.43 bits per heavy atom. The van der Waals surface area contributed by atoms with Crippen molar-refractivity contribution < 1.29 is 9.53 Å². The first-order valence-electron chi connectivity index (χ1n) is 1.82. The van der Waals surface area contributed by atoms with Gasteiger partial charge in [0.1, 0.15) is 0 Å². The summed E-state index contributed by atoms with van der Waals surface area (Å²) < 4.78 is 4.41. The summed E-state index contributed by atoms with van der Waals surface area (Å²) in [5.41, 5.74) is 0. The monoisotopic (exact) mass is 99.0 g/mol. The Kier molecular flexibility index (Phi) is 3.02. The SMILES string of the molecule is [CH2]C(=O)/C=C/OC. The Morgan fingerprint density at radius 3 is 2.57 bits per heavy atom. The van der Waals surface area contributed by atoms with Crippen molar-refractivity contribution in [3.63, 3.8) is 0 Å². The highest BCUT2D eigenvalue weighted by Crippen LogP contribution is 1.72. The summed E-state index contributed by atoms with van der Waals surface area (Å²) in [5, 5.41) is 0. The van der Waals surface area contributed by atoms with Gasteiger partial charge in [-0.1, -0.05) is 0 Å². The molecular formula is C5H7O2. The zero-order chi connectivity index (χ0) is 5.70. The molecule has 0 atom stereocenters. The van der Waals surface area contributed by atoms with Gasteiger partial charge in [0.15, 0.2) is 5.78 Å². The molecule has 0 fully saturated rings. The Labute approximate surface area is 42.8 Å². The van der Waals surface area contributed by atoms with Crippen LogP contribution in [0, 0.1) is 6.92 Å². The lowest BCUT2D eigenvalue weighted by Crippen LogP contribution is -1.79. The second-order valence-corrected chi connectivity index (χ2v) is 1.00. The minimum atomic E-state index is -0.248. The van der Waals surface area contributed by atoms with Crippen molar-refractivity contribution in [2.24, 2.45) is 0 Å². The van der Waals surface area contributed by atoms with Crippen LogP contribution in [0.25, 0.3) is 0 Å². The van der Waals surface area contributed by atoms with Crippen molar-refractivity contribution in [2.75, 3.05) is 7.11 Å². The van der Waals surface area contributed by atoms with Crippen molar-refractivity contribution in [2.45, 2.75) is 0 Å². The standard InChI is InChI=1S/C5H7O2/c1-5(6)3-4-7-2/h3-4H,1H2,2H3/b4-3+. The fraction of sp³-hybridized carbons (Fsp3) is 0.200. The van der Waals surface area contributed by atoms with Gasteiger partial charge in [-0.3, -0.25) is 4.79 Å². The van der Waals surface area contributed by atoms with Gasteiger partial charge >= 0.3 is 0 Å².